The smallest absolute Gasteiger partial charge is 0.328 e. The Hall–Kier alpha value is -1.89. The first-order chi connectivity index (χ1) is 12.6. The maximum atomic E-state index is 12.9. The fourth-order valence-corrected chi connectivity index (χ4v) is 5.21. The monoisotopic (exact) mass is 377 g/mol. The molecule has 3 aliphatic rings. The number of carbonyl (C=O) groups is 1. The predicted molar refractivity (Wildman–Crippen MR) is 103 cm³/mol. The molecule has 3 saturated carbocycles. The predicted octanol–water partition coefficient (Wildman–Crippen LogP) is 2.81. The number of anilines is 1. The second kappa shape index (κ2) is 6.93. The zero-order valence-corrected chi connectivity index (χ0v) is 16.8. The van der Waals surface area contributed by atoms with Crippen molar-refractivity contribution in [1.82, 2.24) is 9.78 Å². The number of aliphatic hydroxyl groups is 1. The van der Waals surface area contributed by atoms with E-state index in [9.17, 15) is 19.8 Å². The van der Waals surface area contributed by atoms with Crippen molar-refractivity contribution in [2.75, 3.05) is 5.32 Å². The van der Waals surface area contributed by atoms with Gasteiger partial charge in [-0.3, -0.25) is 4.79 Å². The van der Waals surface area contributed by atoms with Crippen molar-refractivity contribution in [2.45, 2.75) is 72.1 Å². The number of fused-ring (bicyclic) bond motifs is 2. The molecule has 2 bridgehead atoms. The molecule has 6 atom stereocenters. The molecular weight excluding hydrogens is 346 g/mol. The Morgan fingerprint density at radius 1 is 1.44 bits per heavy atom. The molecule has 3 N–H and O–H groups in total. The summed E-state index contributed by atoms with van der Waals surface area (Å²) in [5, 5.41) is 27.1. The highest BCUT2D eigenvalue weighted by atomic mass is 16.4. The van der Waals surface area contributed by atoms with E-state index in [-0.39, 0.29) is 18.0 Å². The van der Waals surface area contributed by atoms with E-state index in [2.05, 4.69) is 31.2 Å². The highest BCUT2D eigenvalue weighted by molar-refractivity contribution is 5.71. The maximum Gasteiger partial charge on any atom is 0.328 e. The summed E-state index contributed by atoms with van der Waals surface area (Å²) in [6, 6.07) is -0.816. The Morgan fingerprint density at radius 2 is 2.11 bits per heavy atom. The van der Waals surface area contributed by atoms with Gasteiger partial charge in [-0.1, -0.05) is 27.7 Å². The third kappa shape index (κ3) is 3.16. The number of aromatic nitrogens is 2. The first kappa shape index (κ1) is 19.9. The van der Waals surface area contributed by atoms with E-state index in [0.29, 0.717) is 28.9 Å². The van der Waals surface area contributed by atoms with Crippen LogP contribution in [0.2, 0.25) is 0 Å². The Bertz CT molecular complexity index is 786. The average molecular weight is 377 g/mol. The van der Waals surface area contributed by atoms with Gasteiger partial charge in [-0.05, 0) is 49.4 Å². The van der Waals surface area contributed by atoms with Crippen LogP contribution in [0.15, 0.2) is 11.0 Å². The Balaban J connectivity index is 1.92. The molecule has 3 fully saturated rings. The summed E-state index contributed by atoms with van der Waals surface area (Å²) < 4.78 is 0.973. The molecule has 0 saturated heterocycles. The molecule has 2 unspecified atom stereocenters. The molecule has 4 rings (SSSR count). The lowest BCUT2D eigenvalue weighted by Gasteiger charge is -2.62. The van der Waals surface area contributed by atoms with Crippen LogP contribution in [-0.4, -0.2) is 32.0 Å². The van der Waals surface area contributed by atoms with Gasteiger partial charge in [0.25, 0.3) is 5.56 Å². The van der Waals surface area contributed by atoms with Gasteiger partial charge in [0, 0.05) is 6.04 Å². The minimum Gasteiger partial charge on any atom is -0.480 e. The van der Waals surface area contributed by atoms with Crippen molar-refractivity contribution in [3.63, 3.8) is 0 Å². The van der Waals surface area contributed by atoms with Gasteiger partial charge in [-0.2, -0.15) is 5.10 Å². The zero-order chi connectivity index (χ0) is 20.1. The van der Waals surface area contributed by atoms with E-state index in [1.54, 1.807) is 6.92 Å². The molecular formula is C20H31N3O4. The third-order valence-electron chi connectivity index (χ3n) is 7.12. The number of rotatable bonds is 6. The molecule has 1 aromatic heterocycles. The van der Waals surface area contributed by atoms with Crippen LogP contribution in [0.3, 0.4) is 0 Å². The standard InChI is InChI=1S/C20H31N3O4/c1-6-16(19(26)27)23-18(25)17(11(3)24)15(9-21-23)22-14-8-12-7-13(10(14)2)20(12,4)5/h9-14,16,22,24H,6-8H2,1-5H3,(H,26,27)/t10-,11?,12+,13-,14-,16?/m1/s1. The molecule has 0 aromatic carbocycles. The van der Waals surface area contributed by atoms with Gasteiger partial charge in [-0.15, -0.1) is 0 Å². The number of carboxylic acid groups (broad SMARTS) is 1. The van der Waals surface area contributed by atoms with Gasteiger partial charge in [-0.25, -0.2) is 9.48 Å². The van der Waals surface area contributed by atoms with Crippen LogP contribution in [0.4, 0.5) is 5.69 Å². The number of hydrogen-bond donors (Lipinski definition) is 3. The van der Waals surface area contributed by atoms with Crippen LogP contribution in [0.5, 0.6) is 0 Å². The van der Waals surface area contributed by atoms with Crippen molar-refractivity contribution < 1.29 is 15.0 Å². The van der Waals surface area contributed by atoms with Crippen LogP contribution >= 0.6 is 0 Å². The van der Waals surface area contributed by atoms with Crippen LogP contribution in [0.1, 0.15) is 71.6 Å². The molecule has 150 valence electrons. The molecule has 0 radical (unpaired) electrons. The maximum absolute atomic E-state index is 12.9. The van der Waals surface area contributed by atoms with Gasteiger partial charge in [0.05, 0.1) is 23.6 Å². The highest BCUT2D eigenvalue weighted by Crippen LogP contribution is 2.61. The summed E-state index contributed by atoms with van der Waals surface area (Å²) >= 11 is 0. The van der Waals surface area contributed by atoms with E-state index in [4.69, 9.17) is 0 Å². The fourth-order valence-electron chi connectivity index (χ4n) is 5.21. The lowest BCUT2D eigenvalue weighted by Crippen LogP contribution is -2.58. The minimum absolute atomic E-state index is 0.190. The largest absolute Gasteiger partial charge is 0.480 e. The molecule has 0 spiro atoms. The Kier molecular flexibility index (Phi) is 5.10. The molecule has 3 aliphatic carbocycles. The number of carboxylic acids is 1. The van der Waals surface area contributed by atoms with Crippen molar-refractivity contribution in [3.05, 3.63) is 22.1 Å². The Morgan fingerprint density at radius 3 is 2.59 bits per heavy atom. The lowest BCUT2D eigenvalue weighted by molar-refractivity contribution is -0.141. The van der Waals surface area contributed by atoms with E-state index in [1.807, 2.05) is 0 Å². The van der Waals surface area contributed by atoms with E-state index in [1.165, 1.54) is 19.5 Å². The first-order valence-corrected chi connectivity index (χ1v) is 9.88. The second-order valence-electron chi connectivity index (χ2n) is 8.87. The van der Waals surface area contributed by atoms with Crippen LogP contribution in [-0.2, 0) is 4.79 Å². The van der Waals surface area contributed by atoms with Crippen LogP contribution < -0.4 is 10.9 Å². The SMILES string of the molecule is CCC(C(=O)O)n1ncc(N[C@@H]2C[C@@H]3C[C@H]([C@H]2C)C3(C)C)c(C(C)O)c1=O. The lowest BCUT2D eigenvalue weighted by atomic mass is 9.45. The van der Waals surface area contributed by atoms with Gasteiger partial charge >= 0.3 is 5.97 Å². The average Bonchev–Trinajstić information content (AvgIpc) is 2.58. The summed E-state index contributed by atoms with van der Waals surface area (Å²) in [6.45, 7) is 10.1. The summed E-state index contributed by atoms with van der Waals surface area (Å²) in [6.07, 6.45) is 3.01. The molecule has 1 heterocycles. The van der Waals surface area contributed by atoms with Crippen molar-refractivity contribution >= 4 is 11.7 Å². The first-order valence-electron chi connectivity index (χ1n) is 9.88. The van der Waals surface area contributed by atoms with E-state index < -0.39 is 23.7 Å². The quantitative estimate of drug-likeness (QED) is 0.704. The van der Waals surface area contributed by atoms with Crippen molar-refractivity contribution in [2.24, 2.45) is 23.2 Å². The second-order valence-corrected chi connectivity index (χ2v) is 8.87. The number of aliphatic carboxylic acids is 1. The number of nitrogens with zero attached hydrogens (tertiary/aromatic N) is 2. The molecule has 27 heavy (non-hydrogen) atoms. The summed E-state index contributed by atoms with van der Waals surface area (Å²) in [4.78, 5) is 24.3. The number of nitrogens with one attached hydrogen (secondary N) is 1. The highest BCUT2D eigenvalue weighted by Gasteiger charge is 2.56. The Labute approximate surface area is 159 Å². The molecule has 0 aliphatic heterocycles. The van der Waals surface area contributed by atoms with Crippen LogP contribution in [0, 0.1) is 23.2 Å². The topological polar surface area (TPSA) is 104 Å². The summed E-state index contributed by atoms with van der Waals surface area (Å²) in [7, 11) is 0. The van der Waals surface area contributed by atoms with Gasteiger partial charge in [0.15, 0.2) is 6.04 Å². The summed E-state index contributed by atoms with van der Waals surface area (Å²) in [5.41, 5.74) is 0.526. The number of hydrogen-bond acceptors (Lipinski definition) is 5. The van der Waals surface area contributed by atoms with E-state index in [0.717, 1.165) is 11.1 Å². The summed E-state index contributed by atoms with van der Waals surface area (Å²) in [5.74, 6) is 0.661. The van der Waals surface area contributed by atoms with Gasteiger partial charge < -0.3 is 15.5 Å². The van der Waals surface area contributed by atoms with E-state index >= 15 is 0 Å². The molecule has 7 nitrogen and oxygen atoms in total. The van der Waals surface area contributed by atoms with Crippen molar-refractivity contribution in [1.29, 1.82) is 0 Å². The fraction of sp³-hybridized carbons (Fsp3) is 0.750. The van der Waals surface area contributed by atoms with Crippen LogP contribution in [0.25, 0.3) is 0 Å². The normalized spacial score (nSPS) is 30.9. The molecule has 7 heteroatoms. The van der Waals surface area contributed by atoms with Gasteiger partial charge in [0.2, 0.25) is 0 Å². The number of aliphatic hydroxyl groups excluding tert-OH is 1. The third-order valence-corrected chi connectivity index (χ3v) is 7.12. The van der Waals surface area contributed by atoms with Gasteiger partial charge in [0.1, 0.15) is 0 Å². The minimum atomic E-state index is -1.10. The van der Waals surface area contributed by atoms with Crippen molar-refractivity contribution in [3.8, 4) is 0 Å². The molecule has 1 aromatic rings. The zero-order valence-electron chi connectivity index (χ0n) is 16.8. The molecule has 0 amide bonds.